The highest BCUT2D eigenvalue weighted by Gasteiger charge is 2.65. The maximum atomic E-state index is 12.0. The summed E-state index contributed by atoms with van der Waals surface area (Å²) in [4.78, 5) is 23.0. The summed E-state index contributed by atoms with van der Waals surface area (Å²) in [5, 5.41) is 21.6. The lowest BCUT2D eigenvalue weighted by atomic mass is 10.1. The topological polar surface area (TPSA) is 86.6 Å². The molecule has 0 spiro atoms. The van der Waals surface area contributed by atoms with Crippen LogP contribution >= 0.6 is 0 Å². The van der Waals surface area contributed by atoms with Gasteiger partial charge in [-0.15, -0.1) is 0 Å². The average molecular weight is 277 g/mol. The third-order valence-electron chi connectivity index (χ3n) is 4.03. The van der Waals surface area contributed by atoms with Gasteiger partial charge in [0, 0.05) is 6.54 Å². The zero-order valence-corrected chi connectivity index (χ0v) is 11.5. The lowest BCUT2D eigenvalue weighted by Crippen LogP contribution is -2.31. The van der Waals surface area contributed by atoms with E-state index in [0.29, 0.717) is 0 Å². The fourth-order valence-corrected chi connectivity index (χ4v) is 2.69. The number of hydrogen-bond acceptors (Lipinski definition) is 3. The number of benzene rings is 1. The normalized spacial score (nSPS) is 24.8. The van der Waals surface area contributed by atoms with Gasteiger partial charge in [-0.05, 0) is 11.0 Å². The van der Waals surface area contributed by atoms with Crippen molar-refractivity contribution >= 4 is 11.9 Å². The molecule has 1 aliphatic rings. The first-order valence-corrected chi connectivity index (χ1v) is 6.59. The summed E-state index contributed by atoms with van der Waals surface area (Å²) in [6.07, 6.45) is -0.787. The predicted molar refractivity (Wildman–Crippen MR) is 72.8 cm³/mol. The number of amides is 1. The van der Waals surface area contributed by atoms with E-state index in [2.05, 4.69) is 5.32 Å². The number of nitrogens with one attached hydrogen (secondary N) is 1. The molecule has 1 amide bonds. The molecule has 3 N–H and O–H groups in total. The molecule has 0 aromatic heterocycles. The largest absolute Gasteiger partial charge is 0.481 e. The zero-order chi connectivity index (χ0) is 14.9. The number of carbonyl (C=O) groups excluding carboxylic acids is 1. The highest BCUT2D eigenvalue weighted by Crippen LogP contribution is 2.58. The monoisotopic (exact) mass is 277 g/mol. The smallest absolute Gasteiger partial charge is 0.307 e. The van der Waals surface area contributed by atoms with Crippen LogP contribution in [0.1, 0.15) is 25.5 Å². The molecule has 1 aromatic rings. The van der Waals surface area contributed by atoms with E-state index in [-0.39, 0.29) is 12.5 Å². The molecule has 5 nitrogen and oxygen atoms in total. The number of aliphatic hydroxyl groups excluding tert-OH is 1. The van der Waals surface area contributed by atoms with Crippen LogP contribution < -0.4 is 5.32 Å². The highest BCUT2D eigenvalue weighted by molar-refractivity contribution is 5.91. The molecule has 0 heterocycles. The van der Waals surface area contributed by atoms with Gasteiger partial charge in [-0.3, -0.25) is 9.59 Å². The molecule has 2 rings (SSSR count). The van der Waals surface area contributed by atoms with Crippen LogP contribution in [0.5, 0.6) is 0 Å². The number of carboxylic acids is 1. The van der Waals surface area contributed by atoms with Crippen LogP contribution in [-0.2, 0) is 9.59 Å². The Morgan fingerprint density at radius 3 is 2.35 bits per heavy atom. The summed E-state index contributed by atoms with van der Waals surface area (Å²) in [5.41, 5.74) is 0.200. The van der Waals surface area contributed by atoms with Gasteiger partial charge in [0.05, 0.1) is 17.9 Å². The SMILES string of the molecule is CC1(C)[C@H](C(=O)O)[C@@H]1C(=O)NCC(O)c1ccccc1. The molecule has 1 aromatic carbocycles. The van der Waals surface area contributed by atoms with E-state index in [1.807, 2.05) is 18.2 Å². The molecular formula is C15H19NO4. The van der Waals surface area contributed by atoms with Gasteiger partial charge in [-0.25, -0.2) is 0 Å². The number of aliphatic carboxylic acids is 1. The first kappa shape index (κ1) is 14.5. The fourth-order valence-electron chi connectivity index (χ4n) is 2.69. The minimum absolute atomic E-state index is 0.0851. The first-order valence-electron chi connectivity index (χ1n) is 6.59. The summed E-state index contributed by atoms with van der Waals surface area (Å²) < 4.78 is 0. The molecule has 0 saturated heterocycles. The summed E-state index contributed by atoms with van der Waals surface area (Å²) in [7, 11) is 0. The van der Waals surface area contributed by atoms with E-state index >= 15 is 0 Å². The van der Waals surface area contributed by atoms with Crippen molar-refractivity contribution in [2.45, 2.75) is 20.0 Å². The molecule has 0 radical (unpaired) electrons. The predicted octanol–water partition coefficient (Wildman–Crippen LogP) is 1.19. The van der Waals surface area contributed by atoms with Crippen molar-refractivity contribution in [1.82, 2.24) is 5.32 Å². The third-order valence-corrected chi connectivity index (χ3v) is 4.03. The molecule has 108 valence electrons. The van der Waals surface area contributed by atoms with E-state index in [0.717, 1.165) is 5.56 Å². The second kappa shape index (κ2) is 5.25. The van der Waals surface area contributed by atoms with Crippen LogP contribution in [-0.4, -0.2) is 28.6 Å². The summed E-state index contributed by atoms with van der Waals surface area (Å²) in [6.45, 7) is 3.62. The molecule has 3 atom stereocenters. The Hall–Kier alpha value is -1.88. The van der Waals surface area contributed by atoms with Crippen molar-refractivity contribution in [3.8, 4) is 0 Å². The Bertz CT molecular complexity index is 512. The molecule has 1 fully saturated rings. The van der Waals surface area contributed by atoms with E-state index in [1.54, 1.807) is 26.0 Å². The summed E-state index contributed by atoms with van der Waals surface area (Å²) >= 11 is 0. The Kier molecular flexibility index (Phi) is 3.81. The Morgan fingerprint density at radius 2 is 1.85 bits per heavy atom. The first-order chi connectivity index (χ1) is 9.35. The number of carboxylic acid groups (broad SMARTS) is 1. The van der Waals surface area contributed by atoms with Crippen LogP contribution in [0.4, 0.5) is 0 Å². The lowest BCUT2D eigenvalue weighted by Gasteiger charge is -2.12. The standard InChI is InChI=1S/C15H19NO4/c1-15(2)11(12(15)14(19)20)13(18)16-8-10(17)9-6-4-3-5-7-9/h3-7,10-12,17H,8H2,1-2H3,(H,16,18)(H,19,20)/t10?,11-,12+/m1/s1. The minimum Gasteiger partial charge on any atom is -0.481 e. The molecule has 1 saturated carbocycles. The lowest BCUT2D eigenvalue weighted by molar-refractivity contribution is -0.140. The van der Waals surface area contributed by atoms with Gasteiger partial charge < -0.3 is 15.5 Å². The average Bonchev–Trinajstić information content (AvgIpc) is 3.00. The molecule has 1 unspecified atom stereocenters. The van der Waals surface area contributed by atoms with Gasteiger partial charge in [-0.1, -0.05) is 44.2 Å². The van der Waals surface area contributed by atoms with E-state index < -0.39 is 29.3 Å². The Balaban J connectivity index is 1.89. The second-order valence-corrected chi connectivity index (χ2v) is 5.79. The van der Waals surface area contributed by atoms with Gasteiger partial charge in [0.2, 0.25) is 5.91 Å². The molecule has 0 aliphatic heterocycles. The van der Waals surface area contributed by atoms with Crippen LogP contribution in [0.3, 0.4) is 0 Å². The molecule has 20 heavy (non-hydrogen) atoms. The van der Waals surface area contributed by atoms with E-state index in [9.17, 15) is 14.7 Å². The van der Waals surface area contributed by atoms with Gasteiger partial charge in [0.1, 0.15) is 0 Å². The van der Waals surface area contributed by atoms with Crippen molar-refractivity contribution in [3.05, 3.63) is 35.9 Å². The number of rotatable bonds is 5. The van der Waals surface area contributed by atoms with Gasteiger partial charge in [0.15, 0.2) is 0 Å². The van der Waals surface area contributed by atoms with Crippen molar-refractivity contribution in [2.24, 2.45) is 17.3 Å². The third kappa shape index (κ3) is 2.67. The fraction of sp³-hybridized carbons (Fsp3) is 0.467. The number of hydrogen-bond donors (Lipinski definition) is 3. The quantitative estimate of drug-likeness (QED) is 0.754. The van der Waals surface area contributed by atoms with Gasteiger partial charge >= 0.3 is 5.97 Å². The van der Waals surface area contributed by atoms with Crippen LogP contribution in [0.25, 0.3) is 0 Å². The van der Waals surface area contributed by atoms with Gasteiger partial charge in [-0.2, -0.15) is 0 Å². The maximum absolute atomic E-state index is 12.0. The van der Waals surface area contributed by atoms with Gasteiger partial charge in [0.25, 0.3) is 0 Å². The zero-order valence-electron chi connectivity index (χ0n) is 11.5. The van der Waals surface area contributed by atoms with E-state index in [4.69, 9.17) is 5.11 Å². The van der Waals surface area contributed by atoms with Crippen LogP contribution in [0.15, 0.2) is 30.3 Å². The number of aliphatic hydroxyl groups is 1. The van der Waals surface area contributed by atoms with Crippen molar-refractivity contribution in [2.75, 3.05) is 6.54 Å². The highest BCUT2D eigenvalue weighted by atomic mass is 16.4. The number of carbonyl (C=O) groups is 2. The van der Waals surface area contributed by atoms with Crippen molar-refractivity contribution < 1.29 is 19.8 Å². The van der Waals surface area contributed by atoms with Crippen molar-refractivity contribution in [1.29, 1.82) is 0 Å². The van der Waals surface area contributed by atoms with E-state index in [1.165, 1.54) is 0 Å². The minimum atomic E-state index is -0.946. The summed E-state index contributed by atoms with van der Waals surface area (Å²) in [5.74, 6) is -2.42. The van der Waals surface area contributed by atoms with Crippen LogP contribution in [0, 0.1) is 17.3 Å². The Morgan fingerprint density at radius 1 is 1.25 bits per heavy atom. The molecule has 0 bridgehead atoms. The second-order valence-electron chi connectivity index (χ2n) is 5.79. The summed E-state index contributed by atoms with van der Waals surface area (Å²) in [6, 6.07) is 9.02. The maximum Gasteiger partial charge on any atom is 0.307 e. The van der Waals surface area contributed by atoms with Crippen molar-refractivity contribution in [3.63, 3.8) is 0 Å². The van der Waals surface area contributed by atoms with Crippen LogP contribution in [0.2, 0.25) is 0 Å². The Labute approximate surface area is 117 Å². The molecule has 5 heteroatoms. The molecular weight excluding hydrogens is 258 g/mol. The molecule has 1 aliphatic carbocycles.